The molecule has 2 aliphatic carbocycles. The molecular weight excluding hydrogens is 720 g/mol. The van der Waals surface area contributed by atoms with Gasteiger partial charge in [-0.15, -0.1) is 26.3 Å². The number of alkyl halides is 6. The minimum atomic E-state index is -4.91. The van der Waals surface area contributed by atoms with Crippen LogP contribution in [-0.2, 0) is 0 Å². The maximum absolute atomic E-state index is 13.0. The highest BCUT2D eigenvalue weighted by molar-refractivity contribution is 6.31. The zero-order valence-electron chi connectivity index (χ0n) is 28.3. The molecule has 7 rings (SSSR count). The third-order valence-electron chi connectivity index (χ3n) is 9.32. The van der Waals surface area contributed by atoms with E-state index in [0.717, 1.165) is 5.57 Å². The Morgan fingerprint density at radius 2 is 1.05 bits per heavy atom. The van der Waals surface area contributed by atoms with Crippen LogP contribution in [0.3, 0.4) is 0 Å². The van der Waals surface area contributed by atoms with E-state index in [9.17, 15) is 47.4 Å². The van der Waals surface area contributed by atoms with Gasteiger partial charge in [0.15, 0.2) is 0 Å². The number of nitrogens with zero attached hydrogens (tertiary/aromatic N) is 5. The first kappa shape index (κ1) is 36.0. The third-order valence-corrected chi connectivity index (χ3v) is 9.32. The van der Waals surface area contributed by atoms with Crippen LogP contribution in [-0.4, -0.2) is 18.4 Å². The van der Waals surface area contributed by atoms with Crippen molar-refractivity contribution in [3.05, 3.63) is 135 Å². The Kier molecular flexibility index (Phi) is 8.89. The molecule has 0 aromatic heterocycles. The minimum Gasteiger partial charge on any atom is -0.406 e. The lowest BCUT2D eigenvalue weighted by Crippen LogP contribution is -2.17. The predicted octanol–water partition coefficient (Wildman–Crippen LogP) is 10.8. The standard InChI is InChI=1S/C42H21F6N5O2/c1-22-8-11-32-31-12-9-25(23-4-2-6-29(14-23)54-41(43,44)45)16-34(31)38(28(20-51)21-52)40(32)53-39-33-13-10-26(17-35(33)37(36(22)39)27(18-49)19-50)24-5-3-7-30(15-24)55-42(46,47)48/h2-7,9-10,12-17H,8,11H2,1H3. The van der Waals surface area contributed by atoms with Crippen molar-refractivity contribution >= 4 is 22.4 Å². The molecule has 1 heterocycles. The number of hydrogen-bond acceptors (Lipinski definition) is 7. The van der Waals surface area contributed by atoms with Gasteiger partial charge in [0.2, 0.25) is 0 Å². The number of benzene rings is 4. The summed E-state index contributed by atoms with van der Waals surface area (Å²) in [6.45, 7) is 1.84. The van der Waals surface area contributed by atoms with Gasteiger partial charge in [0.1, 0.15) is 46.9 Å². The van der Waals surface area contributed by atoms with E-state index >= 15 is 0 Å². The van der Waals surface area contributed by atoms with Gasteiger partial charge >= 0.3 is 12.7 Å². The fourth-order valence-electron chi connectivity index (χ4n) is 7.11. The van der Waals surface area contributed by atoms with Crippen LogP contribution in [0.25, 0.3) is 39.0 Å². The molecule has 0 spiro atoms. The SMILES string of the molecule is CC1=C2C(=NC3=C(CC1)c1ccc(-c4cccc(OC(F)(F)F)c4)cc1C3=C(C#N)C#N)c1ccc(-c3cccc(OC(F)(F)F)c3)cc1C2=C(C#N)C#N. The molecule has 0 saturated carbocycles. The van der Waals surface area contributed by atoms with Crippen molar-refractivity contribution in [2.45, 2.75) is 32.5 Å². The lowest BCUT2D eigenvalue weighted by Gasteiger charge is -2.16. The Labute approximate surface area is 309 Å². The van der Waals surface area contributed by atoms with Crippen LogP contribution < -0.4 is 9.47 Å². The normalized spacial score (nSPS) is 14.5. The van der Waals surface area contributed by atoms with E-state index in [-0.39, 0.29) is 22.3 Å². The zero-order chi connectivity index (χ0) is 39.2. The highest BCUT2D eigenvalue weighted by Crippen LogP contribution is 2.51. The van der Waals surface area contributed by atoms with E-state index in [1.807, 2.05) is 31.2 Å². The fourth-order valence-corrected chi connectivity index (χ4v) is 7.11. The summed E-state index contributed by atoms with van der Waals surface area (Å²) in [5.41, 5.74) is 6.44. The second-order valence-corrected chi connectivity index (χ2v) is 12.6. The molecule has 3 aliphatic rings. The average molecular weight is 742 g/mol. The quantitative estimate of drug-likeness (QED) is 0.151. The van der Waals surface area contributed by atoms with Crippen molar-refractivity contribution in [3.63, 3.8) is 0 Å². The molecule has 0 atom stereocenters. The van der Waals surface area contributed by atoms with Crippen LogP contribution in [0.2, 0.25) is 0 Å². The molecule has 4 aromatic carbocycles. The van der Waals surface area contributed by atoms with Crippen LogP contribution in [0.5, 0.6) is 11.5 Å². The molecule has 7 nitrogen and oxygen atoms in total. The summed E-state index contributed by atoms with van der Waals surface area (Å²) in [5, 5.41) is 40.6. The number of ether oxygens (including phenoxy) is 2. The molecular formula is C42H21F6N5O2. The molecule has 0 amide bonds. The van der Waals surface area contributed by atoms with Gasteiger partial charge in [0.05, 0.1) is 11.4 Å². The number of allylic oxidation sites excluding steroid dienone is 7. The smallest absolute Gasteiger partial charge is 0.406 e. The molecule has 1 aliphatic heterocycles. The topological polar surface area (TPSA) is 126 Å². The van der Waals surface area contributed by atoms with Gasteiger partial charge < -0.3 is 9.47 Å². The Morgan fingerprint density at radius 1 is 0.582 bits per heavy atom. The molecule has 0 N–H and O–H groups in total. The lowest BCUT2D eigenvalue weighted by molar-refractivity contribution is -0.275. The number of rotatable bonds is 4. The number of hydrogen-bond donors (Lipinski definition) is 0. The number of aliphatic imine (C=N–C) groups is 1. The van der Waals surface area contributed by atoms with Crippen LogP contribution in [0.1, 0.15) is 42.0 Å². The van der Waals surface area contributed by atoms with E-state index in [1.54, 1.807) is 48.5 Å². The molecule has 268 valence electrons. The summed E-state index contributed by atoms with van der Waals surface area (Å²) in [7, 11) is 0. The molecule has 13 heteroatoms. The Morgan fingerprint density at radius 3 is 1.56 bits per heavy atom. The first-order valence-electron chi connectivity index (χ1n) is 16.4. The summed E-state index contributed by atoms with van der Waals surface area (Å²) in [4.78, 5) is 5.11. The number of fused-ring (bicyclic) bond motifs is 5. The number of halogens is 6. The average Bonchev–Trinajstić information content (AvgIpc) is 3.60. The second-order valence-electron chi connectivity index (χ2n) is 12.6. The summed E-state index contributed by atoms with van der Waals surface area (Å²) in [6, 6.07) is 28.8. The summed E-state index contributed by atoms with van der Waals surface area (Å²) < 4.78 is 86.3. The maximum Gasteiger partial charge on any atom is 0.573 e. The molecule has 4 aromatic rings. The molecule has 0 unspecified atom stereocenters. The van der Waals surface area contributed by atoms with E-state index in [0.29, 0.717) is 79.9 Å². The van der Waals surface area contributed by atoms with E-state index in [4.69, 9.17) is 4.99 Å². The Balaban J connectivity index is 1.42. The van der Waals surface area contributed by atoms with Gasteiger partial charge in [-0.3, -0.25) is 0 Å². The van der Waals surface area contributed by atoms with Crippen LogP contribution >= 0.6 is 0 Å². The monoisotopic (exact) mass is 741 g/mol. The molecule has 0 saturated heterocycles. The summed E-state index contributed by atoms with van der Waals surface area (Å²) in [6.07, 6.45) is -9.05. The summed E-state index contributed by atoms with van der Waals surface area (Å²) >= 11 is 0. The largest absolute Gasteiger partial charge is 0.573 e. The third kappa shape index (κ3) is 6.72. The Bertz CT molecular complexity index is 2650. The van der Waals surface area contributed by atoms with Crippen molar-refractivity contribution in [2.75, 3.05) is 0 Å². The minimum absolute atomic E-state index is 0.212. The van der Waals surface area contributed by atoms with Gasteiger partial charge in [-0.25, -0.2) is 4.99 Å². The van der Waals surface area contributed by atoms with Crippen LogP contribution in [0.15, 0.2) is 118 Å². The highest BCUT2D eigenvalue weighted by atomic mass is 19.4. The van der Waals surface area contributed by atoms with Gasteiger partial charge in [-0.2, -0.15) is 21.0 Å². The van der Waals surface area contributed by atoms with Crippen molar-refractivity contribution in [2.24, 2.45) is 4.99 Å². The molecule has 55 heavy (non-hydrogen) atoms. The first-order valence-corrected chi connectivity index (χ1v) is 16.4. The van der Waals surface area contributed by atoms with Gasteiger partial charge in [0, 0.05) is 22.3 Å². The highest BCUT2D eigenvalue weighted by Gasteiger charge is 2.38. The second kappa shape index (κ2) is 13.6. The molecule has 0 bridgehead atoms. The fraction of sp³-hybridized carbons (Fsp3) is 0.119. The maximum atomic E-state index is 13.0. The van der Waals surface area contributed by atoms with Gasteiger partial charge in [-0.05, 0) is 101 Å². The first-order chi connectivity index (χ1) is 26.2. The Hall–Kier alpha value is -7.35. The molecule has 0 fully saturated rings. The van der Waals surface area contributed by atoms with Crippen molar-refractivity contribution in [1.29, 1.82) is 21.0 Å². The number of nitriles is 4. The van der Waals surface area contributed by atoms with E-state index in [2.05, 4.69) is 9.47 Å². The van der Waals surface area contributed by atoms with Crippen LogP contribution in [0, 0.1) is 45.3 Å². The van der Waals surface area contributed by atoms with E-state index in [1.165, 1.54) is 36.4 Å². The molecule has 0 radical (unpaired) electrons. The van der Waals surface area contributed by atoms with Crippen LogP contribution in [0.4, 0.5) is 26.3 Å². The van der Waals surface area contributed by atoms with Crippen molar-refractivity contribution < 1.29 is 35.8 Å². The zero-order valence-corrected chi connectivity index (χ0v) is 28.3. The van der Waals surface area contributed by atoms with E-state index < -0.39 is 24.2 Å². The lowest BCUT2D eigenvalue weighted by atomic mass is 9.90. The predicted molar refractivity (Wildman–Crippen MR) is 189 cm³/mol. The van der Waals surface area contributed by atoms with Gasteiger partial charge in [0.25, 0.3) is 0 Å². The van der Waals surface area contributed by atoms with Gasteiger partial charge in [-0.1, -0.05) is 54.1 Å². The van der Waals surface area contributed by atoms with Crippen molar-refractivity contribution in [3.8, 4) is 58.0 Å². The summed E-state index contributed by atoms with van der Waals surface area (Å²) in [5.74, 6) is -0.860. The van der Waals surface area contributed by atoms with Crippen molar-refractivity contribution in [1.82, 2.24) is 0 Å².